The number of rotatable bonds is 5. The predicted molar refractivity (Wildman–Crippen MR) is 95.4 cm³/mol. The molecular weight excluding hydrogens is 284 g/mol. The van der Waals surface area contributed by atoms with E-state index in [4.69, 9.17) is 0 Å². The van der Waals surface area contributed by atoms with Crippen LogP contribution in [0.3, 0.4) is 0 Å². The Bertz CT molecular complexity index is 696. The molecular formula is C20H22N2O. The van der Waals surface area contributed by atoms with E-state index in [2.05, 4.69) is 17.2 Å². The van der Waals surface area contributed by atoms with Crippen LogP contribution in [-0.4, -0.2) is 26.5 Å². The van der Waals surface area contributed by atoms with Gasteiger partial charge < -0.3 is 10.2 Å². The van der Waals surface area contributed by atoms with E-state index < -0.39 is 0 Å². The van der Waals surface area contributed by atoms with Crippen LogP contribution >= 0.6 is 0 Å². The molecule has 0 atom stereocenters. The molecule has 23 heavy (non-hydrogen) atoms. The Morgan fingerprint density at radius 3 is 2.48 bits per heavy atom. The summed E-state index contributed by atoms with van der Waals surface area (Å²) in [5, 5.41) is 2.85. The summed E-state index contributed by atoms with van der Waals surface area (Å²) in [7, 11) is 3.98. The van der Waals surface area contributed by atoms with Crippen molar-refractivity contribution in [3.8, 4) is 11.8 Å². The molecule has 0 saturated carbocycles. The van der Waals surface area contributed by atoms with Crippen molar-refractivity contribution >= 4 is 11.6 Å². The smallest absolute Gasteiger partial charge is 0.221 e. The number of para-hydroxylation sites is 1. The summed E-state index contributed by atoms with van der Waals surface area (Å²) in [6, 6.07) is 18.0. The average molecular weight is 306 g/mol. The van der Waals surface area contributed by atoms with Gasteiger partial charge in [-0.15, -0.1) is 0 Å². The van der Waals surface area contributed by atoms with Gasteiger partial charge in [0.05, 0.1) is 12.2 Å². The highest BCUT2D eigenvalue weighted by molar-refractivity contribution is 5.76. The van der Waals surface area contributed by atoms with E-state index in [-0.39, 0.29) is 5.91 Å². The van der Waals surface area contributed by atoms with Crippen molar-refractivity contribution in [1.29, 1.82) is 0 Å². The molecule has 0 unspecified atom stereocenters. The fourth-order valence-corrected chi connectivity index (χ4v) is 2.24. The molecule has 3 nitrogen and oxygen atoms in total. The van der Waals surface area contributed by atoms with Gasteiger partial charge in [0.25, 0.3) is 0 Å². The quantitative estimate of drug-likeness (QED) is 0.862. The maximum absolute atomic E-state index is 11.8. The second kappa shape index (κ2) is 8.65. The SMILES string of the molecule is CN(C)c1ccccc1C#CCNC(=O)CCc1ccccc1. The van der Waals surface area contributed by atoms with Crippen LogP contribution in [0.2, 0.25) is 0 Å². The van der Waals surface area contributed by atoms with Crippen LogP contribution in [0.15, 0.2) is 54.6 Å². The zero-order valence-electron chi connectivity index (χ0n) is 13.7. The molecule has 0 heterocycles. The number of hydrogen-bond acceptors (Lipinski definition) is 2. The van der Waals surface area contributed by atoms with E-state index in [1.807, 2.05) is 73.6 Å². The Balaban J connectivity index is 1.80. The van der Waals surface area contributed by atoms with Crippen LogP contribution in [0.25, 0.3) is 0 Å². The number of benzene rings is 2. The fourth-order valence-electron chi connectivity index (χ4n) is 2.24. The number of anilines is 1. The monoisotopic (exact) mass is 306 g/mol. The number of carbonyl (C=O) groups excluding carboxylic acids is 1. The molecule has 0 spiro atoms. The maximum atomic E-state index is 11.8. The highest BCUT2D eigenvalue weighted by Crippen LogP contribution is 2.16. The van der Waals surface area contributed by atoms with Gasteiger partial charge in [0.2, 0.25) is 5.91 Å². The number of hydrogen-bond donors (Lipinski definition) is 1. The zero-order chi connectivity index (χ0) is 16.5. The van der Waals surface area contributed by atoms with E-state index in [1.165, 1.54) is 5.56 Å². The number of nitrogens with one attached hydrogen (secondary N) is 1. The van der Waals surface area contributed by atoms with Gasteiger partial charge in [-0.05, 0) is 24.1 Å². The summed E-state index contributed by atoms with van der Waals surface area (Å²) in [6.45, 7) is 0.370. The molecule has 0 aromatic heterocycles. The molecule has 1 amide bonds. The standard InChI is InChI=1S/C20H22N2O/c1-22(2)19-13-7-6-11-18(19)12-8-16-21-20(23)15-14-17-9-4-3-5-10-17/h3-7,9-11,13H,14-16H2,1-2H3,(H,21,23). The first-order valence-corrected chi connectivity index (χ1v) is 7.72. The van der Waals surface area contributed by atoms with Crippen LogP contribution in [-0.2, 0) is 11.2 Å². The van der Waals surface area contributed by atoms with Gasteiger partial charge in [-0.3, -0.25) is 4.79 Å². The van der Waals surface area contributed by atoms with E-state index in [9.17, 15) is 4.79 Å². The summed E-state index contributed by atoms with van der Waals surface area (Å²) in [6.07, 6.45) is 1.24. The van der Waals surface area contributed by atoms with Crippen LogP contribution in [0.5, 0.6) is 0 Å². The van der Waals surface area contributed by atoms with Crippen LogP contribution in [0, 0.1) is 11.8 Å². The molecule has 0 aliphatic heterocycles. The Kier molecular flexibility index (Phi) is 6.26. The Labute approximate surface area is 138 Å². The molecule has 0 bridgehead atoms. The first-order chi connectivity index (χ1) is 11.2. The molecule has 2 aromatic carbocycles. The van der Waals surface area contributed by atoms with E-state index >= 15 is 0 Å². The largest absolute Gasteiger partial charge is 0.377 e. The van der Waals surface area contributed by atoms with Crippen LogP contribution in [0.1, 0.15) is 17.5 Å². The van der Waals surface area contributed by atoms with Crippen molar-refractivity contribution < 1.29 is 4.79 Å². The highest BCUT2D eigenvalue weighted by Gasteiger charge is 2.01. The Morgan fingerprint density at radius 1 is 1.04 bits per heavy atom. The van der Waals surface area contributed by atoms with Gasteiger partial charge in [-0.25, -0.2) is 0 Å². The third-order valence-electron chi connectivity index (χ3n) is 3.47. The van der Waals surface area contributed by atoms with E-state index in [1.54, 1.807) is 0 Å². The minimum absolute atomic E-state index is 0.0315. The number of carbonyl (C=O) groups is 1. The van der Waals surface area contributed by atoms with Crippen molar-refractivity contribution in [1.82, 2.24) is 5.32 Å². The summed E-state index contributed by atoms with van der Waals surface area (Å²) < 4.78 is 0. The van der Waals surface area contributed by atoms with Gasteiger partial charge in [-0.2, -0.15) is 0 Å². The van der Waals surface area contributed by atoms with Crippen molar-refractivity contribution in [2.45, 2.75) is 12.8 Å². The topological polar surface area (TPSA) is 32.3 Å². The predicted octanol–water partition coefficient (Wildman–Crippen LogP) is 2.85. The van der Waals surface area contributed by atoms with Crippen molar-refractivity contribution in [3.05, 3.63) is 65.7 Å². The molecule has 3 heteroatoms. The first kappa shape index (κ1) is 16.6. The lowest BCUT2D eigenvalue weighted by Gasteiger charge is -2.13. The van der Waals surface area contributed by atoms with Gasteiger partial charge in [-0.1, -0.05) is 54.3 Å². The second-order valence-electron chi connectivity index (χ2n) is 5.48. The lowest BCUT2D eigenvalue weighted by atomic mass is 10.1. The number of aryl methyl sites for hydroxylation is 1. The third-order valence-corrected chi connectivity index (χ3v) is 3.47. The van der Waals surface area contributed by atoms with Crippen molar-refractivity contribution in [2.75, 3.05) is 25.5 Å². The Hall–Kier alpha value is -2.73. The first-order valence-electron chi connectivity index (χ1n) is 7.72. The molecule has 0 aliphatic carbocycles. The molecule has 118 valence electrons. The summed E-state index contributed by atoms with van der Waals surface area (Å²) >= 11 is 0. The van der Waals surface area contributed by atoms with Gasteiger partial charge in [0.1, 0.15) is 0 Å². The van der Waals surface area contributed by atoms with Crippen LogP contribution in [0.4, 0.5) is 5.69 Å². The normalized spacial score (nSPS) is 9.65. The maximum Gasteiger partial charge on any atom is 0.221 e. The number of amides is 1. The number of nitrogens with zero attached hydrogens (tertiary/aromatic N) is 1. The molecule has 2 aromatic rings. The second-order valence-corrected chi connectivity index (χ2v) is 5.48. The van der Waals surface area contributed by atoms with E-state index in [0.717, 1.165) is 17.7 Å². The molecule has 2 rings (SSSR count). The minimum atomic E-state index is 0.0315. The zero-order valence-corrected chi connectivity index (χ0v) is 13.7. The molecule has 0 aliphatic rings. The summed E-state index contributed by atoms with van der Waals surface area (Å²) in [5.74, 6) is 6.17. The van der Waals surface area contributed by atoms with Crippen molar-refractivity contribution in [2.24, 2.45) is 0 Å². The lowest BCUT2D eigenvalue weighted by molar-refractivity contribution is -0.120. The van der Waals surface area contributed by atoms with Crippen molar-refractivity contribution in [3.63, 3.8) is 0 Å². The van der Waals surface area contributed by atoms with Gasteiger partial charge >= 0.3 is 0 Å². The summed E-state index contributed by atoms with van der Waals surface area (Å²) in [4.78, 5) is 13.8. The van der Waals surface area contributed by atoms with E-state index in [0.29, 0.717) is 13.0 Å². The lowest BCUT2D eigenvalue weighted by Crippen LogP contribution is -2.23. The highest BCUT2D eigenvalue weighted by atomic mass is 16.1. The fraction of sp³-hybridized carbons (Fsp3) is 0.250. The van der Waals surface area contributed by atoms with Gasteiger partial charge in [0, 0.05) is 26.1 Å². The van der Waals surface area contributed by atoms with Gasteiger partial charge in [0.15, 0.2) is 0 Å². The molecule has 1 N–H and O–H groups in total. The van der Waals surface area contributed by atoms with Crippen LogP contribution < -0.4 is 10.2 Å². The molecule has 0 radical (unpaired) electrons. The summed E-state index contributed by atoms with van der Waals surface area (Å²) in [5.41, 5.74) is 3.22. The molecule has 0 saturated heterocycles. The Morgan fingerprint density at radius 2 is 1.74 bits per heavy atom. The molecule has 0 fully saturated rings. The third kappa shape index (κ3) is 5.52. The minimum Gasteiger partial charge on any atom is -0.377 e. The average Bonchev–Trinajstić information content (AvgIpc) is 2.58.